The summed E-state index contributed by atoms with van der Waals surface area (Å²) in [5, 5.41) is 12.0. The van der Waals surface area contributed by atoms with E-state index in [2.05, 4.69) is 10.3 Å². The summed E-state index contributed by atoms with van der Waals surface area (Å²) in [7, 11) is 0. The highest BCUT2D eigenvalue weighted by Gasteiger charge is 2.35. The number of thioether (sulfide) groups is 1. The summed E-state index contributed by atoms with van der Waals surface area (Å²) in [5.41, 5.74) is 9.15. The first-order chi connectivity index (χ1) is 16.0. The molecule has 2 amide bonds. The molecule has 7 nitrogen and oxygen atoms in total. The number of nitrogens with two attached hydrogens (primary N) is 1. The van der Waals surface area contributed by atoms with Crippen molar-refractivity contribution < 1.29 is 9.59 Å². The Balaban J connectivity index is 1.69. The van der Waals surface area contributed by atoms with Crippen LogP contribution in [0.4, 0.5) is 0 Å². The van der Waals surface area contributed by atoms with Crippen LogP contribution in [0.25, 0.3) is 33.0 Å². The maximum absolute atomic E-state index is 13.0. The number of aromatic amines is 1. The fourth-order valence-electron chi connectivity index (χ4n) is 4.35. The van der Waals surface area contributed by atoms with Crippen LogP contribution in [0.15, 0.2) is 54.9 Å². The van der Waals surface area contributed by atoms with Gasteiger partial charge < -0.3 is 15.3 Å². The number of amidine groups is 1. The highest BCUT2D eigenvalue weighted by atomic mass is 35.5. The molecule has 0 aliphatic carbocycles. The fourth-order valence-corrected chi connectivity index (χ4v) is 5.11. The molecule has 1 aliphatic rings. The summed E-state index contributed by atoms with van der Waals surface area (Å²) < 4.78 is 2.03. The number of rotatable bonds is 6. The van der Waals surface area contributed by atoms with E-state index in [0.29, 0.717) is 39.6 Å². The number of halogens is 1. The van der Waals surface area contributed by atoms with Gasteiger partial charge in [0, 0.05) is 52.1 Å². The van der Waals surface area contributed by atoms with E-state index in [9.17, 15) is 9.59 Å². The van der Waals surface area contributed by atoms with Crippen molar-refractivity contribution in [2.45, 2.75) is 13.0 Å². The summed E-state index contributed by atoms with van der Waals surface area (Å²) in [4.78, 5) is 29.2. The molecule has 4 aromatic rings. The van der Waals surface area contributed by atoms with Crippen LogP contribution in [0, 0.1) is 5.41 Å². The lowest BCUT2D eigenvalue weighted by Crippen LogP contribution is -2.22. The van der Waals surface area contributed by atoms with Crippen LogP contribution in [0.2, 0.25) is 5.02 Å². The van der Waals surface area contributed by atoms with Gasteiger partial charge in [0.15, 0.2) is 5.17 Å². The van der Waals surface area contributed by atoms with Gasteiger partial charge in [-0.3, -0.25) is 20.3 Å². The lowest BCUT2D eigenvalue weighted by atomic mass is 9.95. The van der Waals surface area contributed by atoms with Gasteiger partial charge in [-0.1, -0.05) is 47.6 Å². The van der Waals surface area contributed by atoms with Crippen LogP contribution in [-0.4, -0.2) is 32.3 Å². The zero-order chi connectivity index (χ0) is 23.1. The number of aryl methyl sites for hydroxylation is 1. The monoisotopic (exact) mass is 477 g/mol. The fraction of sp³-hybridized carbons (Fsp3) is 0.125. The van der Waals surface area contributed by atoms with E-state index in [-0.39, 0.29) is 5.17 Å². The number of amides is 2. The molecule has 0 spiro atoms. The summed E-state index contributed by atoms with van der Waals surface area (Å²) in [5.74, 6) is -0.162. The number of nitrogens with zero attached hydrogens (tertiary/aromatic N) is 1. The Morgan fingerprint density at radius 1 is 1.06 bits per heavy atom. The number of para-hydroxylation sites is 1. The van der Waals surface area contributed by atoms with Crippen molar-refractivity contribution in [2.24, 2.45) is 5.73 Å². The second-order valence-corrected chi connectivity index (χ2v) is 9.26. The van der Waals surface area contributed by atoms with E-state index >= 15 is 0 Å². The number of hydrogen-bond donors (Lipinski definition) is 4. The first-order valence-electron chi connectivity index (χ1n) is 10.4. The third-order valence-electron chi connectivity index (χ3n) is 5.72. The largest absolute Gasteiger partial charge is 0.379 e. The van der Waals surface area contributed by atoms with Crippen LogP contribution in [0.3, 0.4) is 0 Å². The Morgan fingerprint density at radius 3 is 2.61 bits per heavy atom. The number of hydrogen-bond acceptors (Lipinski definition) is 4. The number of carbonyl (C=O) groups is 2. The molecule has 0 bridgehead atoms. The minimum absolute atomic E-state index is 0.0887. The second kappa shape index (κ2) is 8.46. The topological polar surface area (TPSA) is 117 Å². The molecule has 0 radical (unpaired) electrons. The van der Waals surface area contributed by atoms with Gasteiger partial charge in [0.25, 0.3) is 11.8 Å². The number of nitrogens with one attached hydrogen (secondary N) is 3. The van der Waals surface area contributed by atoms with Crippen molar-refractivity contribution in [1.82, 2.24) is 14.9 Å². The molecule has 0 fully saturated rings. The van der Waals surface area contributed by atoms with Crippen molar-refractivity contribution in [2.75, 3.05) is 5.75 Å². The van der Waals surface area contributed by atoms with E-state index in [0.717, 1.165) is 28.2 Å². The SMILES string of the molecule is N=C(N)SCCCn1cc(C2=C(c3c[nH]c4ccccc34)C(=O)NC2=O)c2c(Cl)cccc21. The zero-order valence-corrected chi connectivity index (χ0v) is 19.0. The molecule has 9 heteroatoms. The maximum atomic E-state index is 13.0. The normalized spacial score (nSPS) is 14.0. The van der Waals surface area contributed by atoms with E-state index in [1.54, 1.807) is 12.3 Å². The Morgan fingerprint density at radius 2 is 1.82 bits per heavy atom. The first-order valence-corrected chi connectivity index (χ1v) is 11.7. The zero-order valence-electron chi connectivity index (χ0n) is 17.4. The van der Waals surface area contributed by atoms with Crippen molar-refractivity contribution >= 4 is 73.3 Å². The van der Waals surface area contributed by atoms with Crippen molar-refractivity contribution in [3.63, 3.8) is 0 Å². The van der Waals surface area contributed by atoms with E-state index in [1.807, 2.05) is 47.2 Å². The van der Waals surface area contributed by atoms with Crippen LogP contribution < -0.4 is 11.1 Å². The summed E-state index contributed by atoms with van der Waals surface area (Å²) in [6.45, 7) is 0.655. The van der Waals surface area contributed by atoms with Gasteiger partial charge in [-0.15, -0.1) is 0 Å². The molecule has 0 saturated carbocycles. The van der Waals surface area contributed by atoms with Crippen molar-refractivity contribution in [1.29, 1.82) is 5.41 Å². The number of imide groups is 1. The number of H-pyrrole nitrogens is 1. The van der Waals surface area contributed by atoms with Crippen LogP contribution in [0.5, 0.6) is 0 Å². The van der Waals surface area contributed by atoms with Crippen LogP contribution in [0.1, 0.15) is 17.5 Å². The minimum atomic E-state index is -0.439. The lowest BCUT2D eigenvalue weighted by Gasteiger charge is -2.05. The molecule has 2 aromatic heterocycles. The van der Waals surface area contributed by atoms with Gasteiger partial charge >= 0.3 is 0 Å². The first kappa shape index (κ1) is 21.4. The van der Waals surface area contributed by atoms with Gasteiger partial charge in [-0.25, -0.2) is 0 Å². The molecule has 3 heterocycles. The number of aromatic nitrogens is 2. The minimum Gasteiger partial charge on any atom is -0.379 e. The smallest absolute Gasteiger partial charge is 0.259 e. The molecular formula is C24H20ClN5O2S. The second-order valence-electron chi connectivity index (χ2n) is 7.72. The van der Waals surface area contributed by atoms with Gasteiger partial charge in [-0.05, 0) is 24.6 Å². The quantitative estimate of drug-likeness (QED) is 0.143. The van der Waals surface area contributed by atoms with Crippen molar-refractivity contribution in [3.8, 4) is 0 Å². The lowest BCUT2D eigenvalue weighted by molar-refractivity contribution is -0.122. The Hall–Kier alpha value is -3.49. The highest BCUT2D eigenvalue weighted by Crippen LogP contribution is 2.40. The number of benzene rings is 2. The average Bonchev–Trinajstić information content (AvgIpc) is 3.44. The van der Waals surface area contributed by atoms with Gasteiger partial charge in [0.1, 0.15) is 0 Å². The molecule has 166 valence electrons. The van der Waals surface area contributed by atoms with Gasteiger partial charge in [0.2, 0.25) is 0 Å². The standard InChI is InChI=1S/C24H20ClN5O2S/c25-16-6-3-8-18-19(16)15(12-30(18)9-4-10-33-24(26)27)21-20(22(31)29-23(21)32)14-11-28-17-7-2-1-5-13(14)17/h1-3,5-8,11-12,28H,4,9-10H2,(H3,26,27)(H,29,31,32). The van der Waals surface area contributed by atoms with E-state index < -0.39 is 11.8 Å². The Bertz CT molecular complexity index is 1480. The Kier molecular flexibility index (Phi) is 5.47. The molecule has 5 N–H and O–H groups in total. The molecular weight excluding hydrogens is 458 g/mol. The Labute approximate surface area is 198 Å². The third-order valence-corrected chi connectivity index (χ3v) is 6.83. The van der Waals surface area contributed by atoms with E-state index in [4.69, 9.17) is 22.7 Å². The van der Waals surface area contributed by atoms with Crippen LogP contribution >= 0.6 is 23.4 Å². The third kappa shape index (κ3) is 3.71. The number of fused-ring (bicyclic) bond motifs is 2. The van der Waals surface area contributed by atoms with Gasteiger partial charge in [-0.2, -0.15) is 0 Å². The predicted molar refractivity (Wildman–Crippen MR) is 134 cm³/mol. The highest BCUT2D eigenvalue weighted by molar-refractivity contribution is 8.13. The van der Waals surface area contributed by atoms with Gasteiger partial charge in [0.05, 0.1) is 21.7 Å². The molecule has 33 heavy (non-hydrogen) atoms. The van der Waals surface area contributed by atoms with Crippen molar-refractivity contribution in [3.05, 3.63) is 71.0 Å². The molecule has 0 unspecified atom stereocenters. The molecule has 1 aliphatic heterocycles. The molecule has 5 rings (SSSR count). The molecule has 0 atom stereocenters. The summed E-state index contributed by atoms with van der Waals surface area (Å²) in [6, 6.07) is 13.3. The predicted octanol–water partition coefficient (Wildman–Crippen LogP) is 4.36. The summed E-state index contributed by atoms with van der Waals surface area (Å²) >= 11 is 7.89. The summed E-state index contributed by atoms with van der Waals surface area (Å²) in [6.07, 6.45) is 4.43. The number of carbonyl (C=O) groups excluding carboxylic acids is 2. The average molecular weight is 478 g/mol. The maximum Gasteiger partial charge on any atom is 0.259 e. The van der Waals surface area contributed by atoms with E-state index in [1.165, 1.54) is 11.8 Å². The molecule has 2 aromatic carbocycles. The van der Waals surface area contributed by atoms with Crippen LogP contribution in [-0.2, 0) is 16.1 Å². The molecule has 0 saturated heterocycles.